The monoisotopic (exact) mass is 400 g/mol. The van der Waals surface area contributed by atoms with Crippen LogP contribution in [0.3, 0.4) is 0 Å². The van der Waals surface area contributed by atoms with E-state index in [1.165, 1.54) is 46.0 Å². The molecule has 2 aromatic carbocycles. The Morgan fingerprint density at radius 2 is 1.63 bits per heavy atom. The highest BCUT2D eigenvalue weighted by atomic mass is 15.1. The highest BCUT2D eigenvalue weighted by Gasteiger charge is 2.58. The fraction of sp³-hybridized carbons (Fsp3) is 0.483. The van der Waals surface area contributed by atoms with Crippen molar-refractivity contribution in [2.24, 2.45) is 0 Å². The van der Waals surface area contributed by atoms with Gasteiger partial charge in [-0.3, -0.25) is 0 Å². The van der Waals surface area contributed by atoms with Gasteiger partial charge >= 0.3 is 0 Å². The van der Waals surface area contributed by atoms with Crippen molar-refractivity contribution < 1.29 is 4.57 Å². The van der Waals surface area contributed by atoms with Gasteiger partial charge in [0.15, 0.2) is 11.7 Å². The van der Waals surface area contributed by atoms with Crippen molar-refractivity contribution in [3.8, 4) is 11.3 Å². The molecule has 0 saturated carbocycles. The Morgan fingerprint density at radius 3 is 2.30 bits per heavy atom. The van der Waals surface area contributed by atoms with Crippen LogP contribution in [0.25, 0.3) is 22.0 Å². The first-order chi connectivity index (χ1) is 14.5. The van der Waals surface area contributed by atoms with E-state index < -0.39 is 0 Å². The van der Waals surface area contributed by atoms with Crippen molar-refractivity contribution in [2.45, 2.75) is 91.0 Å². The standard InChI is InChI=1S/C29H38N/c1-7-11-13-22-14-12-15-24-23(22)18-19-30-27(24)25-20-21(5)16-17-26(25)29(9-3,10-4)28(30,6)8-2/h12,14-20H,7-11,13H2,1-6H3/q+1. The van der Waals surface area contributed by atoms with Crippen LogP contribution in [0.1, 0.15) is 83.4 Å². The fourth-order valence-electron chi connectivity index (χ4n) is 6.33. The Kier molecular flexibility index (Phi) is 5.51. The number of hydrogen-bond donors (Lipinski definition) is 0. The minimum absolute atomic E-state index is 0.0572. The molecule has 2 heterocycles. The van der Waals surface area contributed by atoms with E-state index in [9.17, 15) is 0 Å². The Balaban J connectivity index is 2.13. The number of aryl methyl sites for hydroxylation is 2. The number of benzene rings is 2. The van der Waals surface area contributed by atoms with E-state index in [1.54, 1.807) is 5.56 Å². The molecule has 1 aliphatic heterocycles. The van der Waals surface area contributed by atoms with Crippen LogP contribution < -0.4 is 4.57 Å². The van der Waals surface area contributed by atoms with Gasteiger partial charge in [-0.15, -0.1) is 0 Å². The van der Waals surface area contributed by atoms with Gasteiger partial charge in [-0.25, -0.2) is 0 Å². The average molecular weight is 401 g/mol. The van der Waals surface area contributed by atoms with E-state index in [2.05, 4.69) is 94.8 Å². The summed E-state index contributed by atoms with van der Waals surface area (Å²) in [6.07, 6.45) is 9.50. The van der Waals surface area contributed by atoms with Crippen LogP contribution in [0.2, 0.25) is 0 Å². The van der Waals surface area contributed by atoms with Gasteiger partial charge in [0.2, 0.25) is 5.69 Å². The maximum atomic E-state index is 2.65. The van der Waals surface area contributed by atoms with Crippen molar-refractivity contribution in [3.05, 3.63) is 65.4 Å². The highest BCUT2D eigenvalue weighted by molar-refractivity contribution is 5.96. The molecule has 0 amide bonds. The predicted octanol–water partition coefficient (Wildman–Crippen LogP) is 7.64. The van der Waals surface area contributed by atoms with Gasteiger partial charge in [0.05, 0.1) is 16.4 Å². The maximum Gasteiger partial charge on any atom is 0.221 e. The molecule has 3 aromatic rings. The number of rotatable bonds is 6. The van der Waals surface area contributed by atoms with Gasteiger partial charge in [0, 0.05) is 19.4 Å². The van der Waals surface area contributed by atoms with Crippen molar-refractivity contribution in [1.29, 1.82) is 0 Å². The van der Waals surface area contributed by atoms with Crippen molar-refractivity contribution in [1.82, 2.24) is 0 Å². The first kappa shape index (κ1) is 21.1. The van der Waals surface area contributed by atoms with Crippen LogP contribution in [0.4, 0.5) is 0 Å². The number of unbranched alkanes of at least 4 members (excludes halogenated alkanes) is 1. The van der Waals surface area contributed by atoms with Gasteiger partial charge < -0.3 is 0 Å². The molecule has 0 aliphatic carbocycles. The predicted molar refractivity (Wildman–Crippen MR) is 129 cm³/mol. The minimum Gasteiger partial charge on any atom is -0.192 e. The molecule has 0 saturated heterocycles. The summed E-state index contributed by atoms with van der Waals surface area (Å²) < 4.78 is 2.65. The zero-order chi connectivity index (χ0) is 21.5. The smallest absolute Gasteiger partial charge is 0.192 e. The lowest BCUT2D eigenvalue weighted by Crippen LogP contribution is -2.68. The third kappa shape index (κ3) is 2.77. The van der Waals surface area contributed by atoms with Crippen LogP contribution >= 0.6 is 0 Å². The summed E-state index contributed by atoms with van der Waals surface area (Å²) in [5.74, 6) is 0. The zero-order valence-electron chi connectivity index (χ0n) is 19.8. The number of aromatic nitrogens is 1. The summed E-state index contributed by atoms with van der Waals surface area (Å²) in [7, 11) is 0. The molecule has 0 spiro atoms. The quantitative estimate of drug-likeness (QED) is 0.374. The molecule has 30 heavy (non-hydrogen) atoms. The third-order valence-electron chi connectivity index (χ3n) is 8.29. The molecule has 1 nitrogen and oxygen atoms in total. The van der Waals surface area contributed by atoms with Crippen LogP contribution in [-0.2, 0) is 17.4 Å². The summed E-state index contributed by atoms with van der Waals surface area (Å²) in [6.45, 7) is 14.2. The van der Waals surface area contributed by atoms with E-state index >= 15 is 0 Å². The summed E-state index contributed by atoms with van der Waals surface area (Å²) in [5.41, 5.74) is 7.47. The molecule has 1 aliphatic rings. The minimum atomic E-state index is 0.0572. The van der Waals surface area contributed by atoms with Gasteiger partial charge in [-0.05, 0) is 61.3 Å². The average Bonchev–Trinajstić information content (AvgIpc) is 2.78. The molecule has 158 valence electrons. The molecular weight excluding hydrogens is 362 g/mol. The normalized spacial score (nSPS) is 19.5. The van der Waals surface area contributed by atoms with Gasteiger partial charge in [0.1, 0.15) is 0 Å². The number of nitrogens with zero attached hydrogens (tertiary/aromatic N) is 1. The summed E-state index contributed by atoms with van der Waals surface area (Å²) >= 11 is 0. The molecule has 0 fully saturated rings. The Labute approximate surface area is 183 Å². The summed E-state index contributed by atoms with van der Waals surface area (Å²) in [6, 6.07) is 16.6. The van der Waals surface area contributed by atoms with Crippen molar-refractivity contribution >= 4 is 10.8 Å². The Morgan fingerprint density at radius 1 is 0.867 bits per heavy atom. The lowest BCUT2D eigenvalue weighted by atomic mass is 9.58. The molecule has 1 unspecified atom stereocenters. The Hall–Kier alpha value is -2.15. The second-order valence-electron chi connectivity index (χ2n) is 9.48. The molecule has 0 bridgehead atoms. The first-order valence-electron chi connectivity index (χ1n) is 12.1. The molecule has 4 rings (SSSR count). The number of hydrogen-bond acceptors (Lipinski definition) is 0. The molecule has 0 radical (unpaired) electrons. The molecule has 0 N–H and O–H groups in total. The zero-order valence-corrected chi connectivity index (χ0v) is 19.8. The van der Waals surface area contributed by atoms with E-state index in [4.69, 9.17) is 0 Å². The molecular formula is C29H38N+. The van der Waals surface area contributed by atoms with Gasteiger partial charge in [-0.1, -0.05) is 63.9 Å². The second kappa shape index (κ2) is 7.84. The highest BCUT2D eigenvalue weighted by Crippen LogP contribution is 2.52. The van der Waals surface area contributed by atoms with Crippen LogP contribution in [-0.4, -0.2) is 0 Å². The molecule has 1 heteroatoms. The topological polar surface area (TPSA) is 3.88 Å². The van der Waals surface area contributed by atoms with E-state index in [-0.39, 0.29) is 11.0 Å². The molecule has 1 atom stereocenters. The molecule has 1 aromatic heterocycles. The van der Waals surface area contributed by atoms with Gasteiger partial charge in [-0.2, -0.15) is 4.57 Å². The van der Waals surface area contributed by atoms with E-state index in [0.29, 0.717) is 0 Å². The largest absolute Gasteiger partial charge is 0.221 e. The maximum absolute atomic E-state index is 2.65. The summed E-state index contributed by atoms with van der Waals surface area (Å²) in [4.78, 5) is 0. The first-order valence-corrected chi connectivity index (χ1v) is 12.1. The lowest BCUT2D eigenvalue weighted by molar-refractivity contribution is -0.765. The number of pyridine rings is 1. The Bertz CT molecular complexity index is 1070. The number of fused-ring (bicyclic) bond motifs is 5. The fourth-order valence-corrected chi connectivity index (χ4v) is 6.33. The second-order valence-corrected chi connectivity index (χ2v) is 9.48. The third-order valence-corrected chi connectivity index (χ3v) is 8.29. The summed E-state index contributed by atoms with van der Waals surface area (Å²) in [5, 5.41) is 2.85. The van der Waals surface area contributed by atoms with Crippen molar-refractivity contribution in [2.75, 3.05) is 0 Å². The van der Waals surface area contributed by atoms with E-state index in [1.807, 2.05) is 0 Å². The van der Waals surface area contributed by atoms with Crippen LogP contribution in [0, 0.1) is 6.92 Å². The van der Waals surface area contributed by atoms with Crippen LogP contribution in [0.5, 0.6) is 0 Å². The SMILES string of the molecule is CCCCc1cccc2c3[n+](ccc12)C(C)(CC)C(CC)(CC)c1ccc(C)cc1-3. The lowest BCUT2D eigenvalue weighted by Gasteiger charge is -2.48. The van der Waals surface area contributed by atoms with Gasteiger partial charge in [0.25, 0.3) is 0 Å². The van der Waals surface area contributed by atoms with Crippen LogP contribution in [0.15, 0.2) is 48.7 Å². The van der Waals surface area contributed by atoms with E-state index in [0.717, 1.165) is 25.7 Å². The van der Waals surface area contributed by atoms with Crippen molar-refractivity contribution in [3.63, 3.8) is 0 Å².